The van der Waals surface area contributed by atoms with E-state index >= 15 is 0 Å². The maximum Gasteiger partial charge on any atom is 0.326 e. The first-order chi connectivity index (χ1) is 13.3. The van der Waals surface area contributed by atoms with E-state index < -0.39 is 23.9 Å². The van der Waals surface area contributed by atoms with Gasteiger partial charge in [0.25, 0.3) is 0 Å². The number of carbonyl (C=O) groups excluding carboxylic acids is 2. The number of nitrogens with one attached hydrogen (secondary N) is 1. The number of unbranched alkanes of at least 4 members (excludes halogenated alkanes) is 10. The Bertz CT molecular complexity index is 481. The zero-order valence-corrected chi connectivity index (χ0v) is 16.8. The topological polar surface area (TPSA) is 147 Å². The van der Waals surface area contributed by atoms with Crippen molar-refractivity contribution in [2.24, 2.45) is 5.73 Å². The highest BCUT2D eigenvalue weighted by molar-refractivity contribution is 5.84. The van der Waals surface area contributed by atoms with Crippen LogP contribution in [0.5, 0.6) is 0 Å². The highest BCUT2D eigenvalue weighted by Crippen LogP contribution is 2.12. The van der Waals surface area contributed by atoms with Gasteiger partial charge in [-0.15, -0.1) is 0 Å². The summed E-state index contributed by atoms with van der Waals surface area (Å²) >= 11 is 0. The van der Waals surface area contributed by atoms with Crippen molar-refractivity contribution in [3.63, 3.8) is 0 Å². The van der Waals surface area contributed by atoms with Gasteiger partial charge in [-0.05, 0) is 19.3 Å². The smallest absolute Gasteiger partial charge is 0.326 e. The summed E-state index contributed by atoms with van der Waals surface area (Å²) in [4.78, 5) is 44.0. The van der Waals surface area contributed by atoms with Crippen LogP contribution in [0, 0.1) is 0 Å². The van der Waals surface area contributed by atoms with E-state index in [0.29, 0.717) is 0 Å². The van der Waals surface area contributed by atoms with Crippen LogP contribution < -0.4 is 11.1 Å². The minimum absolute atomic E-state index is 0.00989. The summed E-state index contributed by atoms with van der Waals surface area (Å²) < 4.78 is 0. The predicted octanol–water partition coefficient (Wildman–Crippen LogP) is 2.98. The Morgan fingerprint density at radius 3 is 1.50 bits per heavy atom. The van der Waals surface area contributed by atoms with E-state index in [1.807, 2.05) is 0 Å². The molecule has 0 rings (SSSR count). The van der Waals surface area contributed by atoms with Gasteiger partial charge < -0.3 is 21.3 Å². The molecule has 0 radical (unpaired) electrons. The monoisotopic (exact) mass is 400 g/mol. The number of hydrogen-bond acceptors (Lipinski definition) is 4. The fourth-order valence-electron chi connectivity index (χ4n) is 2.96. The summed E-state index contributed by atoms with van der Waals surface area (Å²) in [6.07, 6.45) is 11.8. The maximum absolute atomic E-state index is 11.8. The molecule has 0 saturated heterocycles. The van der Waals surface area contributed by atoms with E-state index in [1.165, 1.54) is 12.8 Å². The molecule has 0 saturated carbocycles. The molecule has 0 unspecified atom stereocenters. The summed E-state index contributed by atoms with van der Waals surface area (Å²) in [6.45, 7) is 0. The van der Waals surface area contributed by atoms with Gasteiger partial charge in [0.2, 0.25) is 11.8 Å². The summed E-state index contributed by atoms with van der Waals surface area (Å²) in [5, 5.41) is 20.0. The molecule has 162 valence electrons. The summed E-state index contributed by atoms with van der Waals surface area (Å²) in [7, 11) is 0. The molecule has 0 aromatic rings. The van der Waals surface area contributed by atoms with Crippen LogP contribution >= 0.6 is 0 Å². The standard InChI is InChI=1S/C20H36N2O6/c21-17(23)15-14-16(20(27)28)22-18(24)12-10-8-6-4-2-1-3-5-7-9-11-13-19(25)26/h16H,1-15H2,(H2,21,23)(H,22,24)(H,25,26)(H,27,28)/t16-/m0/s1. The van der Waals surface area contributed by atoms with Gasteiger partial charge in [0.1, 0.15) is 6.04 Å². The zero-order chi connectivity index (χ0) is 21.2. The maximum atomic E-state index is 11.8. The lowest BCUT2D eigenvalue weighted by Crippen LogP contribution is -2.41. The molecule has 2 amide bonds. The number of carboxylic acid groups (broad SMARTS) is 2. The zero-order valence-electron chi connectivity index (χ0n) is 16.8. The second-order valence-corrected chi connectivity index (χ2v) is 7.25. The third kappa shape index (κ3) is 17.3. The number of hydrogen-bond donors (Lipinski definition) is 4. The summed E-state index contributed by atoms with van der Waals surface area (Å²) in [6, 6.07) is -1.07. The molecule has 0 aromatic heterocycles. The number of amides is 2. The second-order valence-electron chi connectivity index (χ2n) is 7.25. The number of carboxylic acids is 2. The Morgan fingerprint density at radius 2 is 1.11 bits per heavy atom. The minimum atomic E-state index is -1.16. The minimum Gasteiger partial charge on any atom is -0.481 e. The van der Waals surface area contributed by atoms with Crippen LogP contribution in [0.25, 0.3) is 0 Å². The second kappa shape index (κ2) is 17.0. The highest BCUT2D eigenvalue weighted by Gasteiger charge is 2.20. The molecule has 0 spiro atoms. The Kier molecular flexibility index (Phi) is 15.7. The lowest BCUT2D eigenvalue weighted by Gasteiger charge is -2.13. The molecule has 0 aliphatic rings. The Hall–Kier alpha value is -2.12. The molecule has 8 heteroatoms. The van der Waals surface area contributed by atoms with Crippen LogP contribution in [0.3, 0.4) is 0 Å². The fraction of sp³-hybridized carbons (Fsp3) is 0.800. The van der Waals surface area contributed by atoms with Crippen molar-refractivity contribution in [2.75, 3.05) is 0 Å². The molecule has 0 heterocycles. The Balaban J connectivity index is 3.52. The van der Waals surface area contributed by atoms with Crippen molar-refractivity contribution < 1.29 is 29.4 Å². The predicted molar refractivity (Wildman–Crippen MR) is 106 cm³/mol. The van der Waals surface area contributed by atoms with E-state index in [-0.39, 0.29) is 31.6 Å². The van der Waals surface area contributed by atoms with Crippen LogP contribution in [0.2, 0.25) is 0 Å². The van der Waals surface area contributed by atoms with Gasteiger partial charge in [0.15, 0.2) is 0 Å². The van der Waals surface area contributed by atoms with Crippen molar-refractivity contribution >= 4 is 23.8 Å². The lowest BCUT2D eigenvalue weighted by atomic mass is 10.0. The molecule has 1 atom stereocenters. The van der Waals surface area contributed by atoms with Crippen LogP contribution in [0.1, 0.15) is 96.3 Å². The van der Waals surface area contributed by atoms with Crippen LogP contribution in [0.4, 0.5) is 0 Å². The van der Waals surface area contributed by atoms with Crippen LogP contribution in [0.15, 0.2) is 0 Å². The van der Waals surface area contributed by atoms with Gasteiger partial charge in [-0.3, -0.25) is 14.4 Å². The average Bonchev–Trinajstić information content (AvgIpc) is 2.61. The number of rotatable bonds is 19. The lowest BCUT2D eigenvalue weighted by molar-refractivity contribution is -0.142. The molecule has 0 aromatic carbocycles. The molecule has 28 heavy (non-hydrogen) atoms. The van der Waals surface area contributed by atoms with Crippen molar-refractivity contribution in [2.45, 2.75) is 102 Å². The first-order valence-corrected chi connectivity index (χ1v) is 10.3. The van der Waals surface area contributed by atoms with E-state index in [9.17, 15) is 19.2 Å². The molecule has 5 N–H and O–H groups in total. The quantitative estimate of drug-likeness (QED) is 0.245. The average molecular weight is 401 g/mol. The summed E-state index contributed by atoms with van der Waals surface area (Å²) in [5.74, 6) is -2.77. The third-order valence-electron chi connectivity index (χ3n) is 4.61. The largest absolute Gasteiger partial charge is 0.481 e. The van der Waals surface area contributed by atoms with Gasteiger partial charge in [0.05, 0.1) is 0 Å². The van der Waals surface area contributed by atoms with Crippen molar-refractivity contribution in [3.05, 3.63) is 0 Å². The molecule has 0 fully saturated rings. The normalized spacial score (nSPS) is 11.7. The van der Waals surface area contributed by atoms with Crippen molar-refractivity contribution in [3.8, 4) is 0 Å². The van der Waals surface area contributed by atoms with Gasteiger partial charge >= 0.3 is 11.9 Å². The van der Waals surface area contributed by atoms with Crippen LogP contribution in [-0.2, 0) is 19.2 Å². The number of aliphatic carboxylic acids is 2. The van der Waals surface area contributed by atoms with Crippen molar-refractivity contribution in [1.82, 2.24) is 5.32 Å². The first kappa shape index (κ1) is 25.9. The Labute approximate surface area is 167 Å². The van der Waals surface area contributed by atoms with Crippen LogP contribution in [-0.4, -0.2) is 40.0 Å². The number of nitrogens with two attached hydrogens (primary N) is 1. The highest BCUT2D eigenvalue weighted by atomic mass is 16.4. The molecular formula is C20H36N2O6. The number of primary amides is 1. The van der Waals surface area contributed by atoms with Gasteiger partial charge in [-0.2, -0.15) is 0 Å². The number of carbonyl (C=O) groups is 4. The van der Waals surface area contributed by atoms with E-state index in [1.54, 1.807) is 0 Å². The molecule has 0 aliphatic heterocycles. The van der Waals surface area contributed by atoms with Gasteiger partial charge in [-0.25, -0.2) is 4.79 Å². The Morgan fingerprint density at radius 1 is 0.679 bits per heavy atom. The van der Waals surface area contributed by atoms with Crippen molar-refractivity contribution in [1.29, 1.82) is 0 Å². The van der Waals surface area contributed by atoms with E-state index in [0.717, 1.165) is 57.8 Å². The van der Waals surface area contributed by atoms with E-state index in [2.05, 4.69) is 5.32 Å². The van der Waals surface area contributed by atoms with Gasteiger partial charge in [-0.1, -0.05) is 57.8 Å². The molecule has 0 aliphatic carbocycles. The molecule has 0 bridgehead atoms. The van der Waals surface area contributed by atoms with E-state index in [4.69, 9.17) is 15.9 Å². The molecule has 8 nitrogen and oxygen atoms in total. The summed E-state index contributed by atoms with van der Waals surface area (Å²) in [5.41, 5.74) is 5.00. The molecular weight excluding hydrogens is 364 g/mol. The first-order valence-electron chi connectivity index (χ1n) is 10.3. The van der Waals surface area contributed by atoms with Gasteiger partial charge in [0, 0.05) is 19.3 Å². The SMILES string of the molecule is NC(=O)CC[C@H](NC(=O)CCCCCCCCCCCCCC(=O)O)C(=O)O. The fourth-order valence-corrected chi connectivity index (χ4v) is 2.96. The third-order valence-corrected chi connectivity index (χ3v) is 4.61.